The molecule has 15 heavy (non-hydrogen) atoms. The van der Waals surface area contributed by atoms with E-state index < -0.39 is 0 Å². The Morgan fingerprint density at radius 1 is 1.60 bits per heavy atom. The molecule has 1 aliphatic heterocycles. The number of hydrogen-bond acceptors (Lipinski definition) is 3. The molecule has 3 nitrogen and oxygen atoms in total. The fraction of sp³-hybridized carbons (Fsp3) is 0.917. The first-order chi connectivity index (χ1) is 7.11. The lowest BCUT2D eigenvalue weighted by atomic mass is 9.86. The van der Waals surface area contributed by atoms with Crippen molar-refractivity contribution < 1.29 is 9.53 Å². The second-order valence-electron chi connectivity index (χ2n) is 4.95. The Kier molecular flexibility index (Phi) is 4.74. The number of hydrogen-bond donors (Lipinski definition) is 0. The lowest BCUT2D eigenvalue weighted by Crippen LogP contribution is -2.41. The fourth-order valence-corrected chi connectivity index (χ4v) is 2.31. The Morgan fingerprint density at radius 2 is 2.33 bits per heavy atom. The summed E-state index contributed by atoms with van der Waals surface area (Å²) in [6.45, 7) is 6.70. The van der Waals surface area contributed by atoms with Crippen LogP contribution in [0.25, 0.3) is 0 Å². The van der Waals surface area contributed by atoms with Crippen LogP contribution in [0.5, 0.6) is 0 Å². The molecule has 1 aliphatic rings. The van der Waals surface area contributed by atoms with Gasteiger partial charge in [-0.3, -0.25) is 0 Å². The molecule has 1 fully saturated rings. The summed E-state index contributed by atoms with van der Waals surface area (Å²) in [5.74, 6) is 0. The molecular weight excluding hydrogens is 190 g/mol. The maximum absolute atomic E-state index is 11.1. The molecule has 3 heteroatoms. The molecule has 0 radical (unpaired) electrons. The van der Waals surface area contributed by atoms with E-state index in [2.05, 4.69) is 25.8 Å². The summed E-state index contributed by atoms with van der Waals surface area (Å²) in [6.07, 6.45) is 4.24. The van der Waals surface area contributed by atoms with Gasteiger partial charge < -0.3 is 14.4 Å². The van der Waals surface area contributed by atoms with Crippen molar-refractivity contribution in [2.75, 3.05) is 26.8 Å². The first-order valence-corrected chi connectivity index (χ1v) is 5.85. The topological polar surface area (TPSA) is 29.5 Å². The highest BCUT2D eigenvalue weighted by Gasteiger charge is 2.29. The summed E-state index contributed by atoms with van der Waals surface area (Å²) in [7, 11) is 2.09. The molecule has 0 N–H and O–H groups in total. The summed E-state index contributed by atoms with van der Waals surface area (Å²) in [5, 5.41) is 0. The van der Waals surface area contributed by atoms with Crippen molar-refractivity contribution in [2.24, 2.45) is 5.41 Å². The molecule has 88 valence electrons. The maximum atomic E-state index is 11.1. The van der Waals surface area contributed by atoms with Crippen LogP contribution in [0.3, 0.4) is 0 Å². The minimum atomic E-state index is -0.188. The quantitative estimate of drug-likeness (QED) is 0.629. The van der Waals surface area contributed by atoms with Gasteiger partial charge in [0.2, 0.25) is 0 Å². The highest BCUT2D eigenvalue weighted by atomic mass is 16.5. The minimum absolute atomic E-state index is 0.188. The minimum Gasteiger partial charge on any atom is -0.380 e. The van der Waals surface area contributed by atoms with Crippen molar-refractivity contribution in [3.63, 3.8) is 0 Å². The fourth-order valence-electron chi connectivity index (χ4n) is 2.31. The van der Waals surface area contributed by atoms with E-state index in [1.807, 2.05) is 0 Å². The van der Waals surface area contributed by atoms with Gasteiger partial charge in [0.25, 0.3) is 0 Å². The second kappa shape index (κ2) is 5.61. The second-order valence-corrected chi connectivity index (χ2v) is 4.95. The zero-order valence-corrected chi connectivity index (χ0v) is 10.2. The van der Waals surface area contributed by atoms with Gasteiger partial charge in [0.1, 0.15) is 6.29 Å². The first-order valence-electron chi connectivity index (χ1n) is 5.85. The summed E-state index contributed by atoms with van der Waals surface area (Å²) < 4.78 is 5.36. The molecule has 0 aromatic heterocycles. The standard InChI is InChI=1S/C12H23NO2/c1-4-6-12(2,10-14)9-13(3)11-5-7-15-8-11/h10-11H,4-9H2,1-3H3. The molecule has 2 atom stereocenters. The monoisotopic (exact) mass is 213 g/mol. The smallest absolute Gasteiger partial charge is 0.127 e. The Balaban J connectivity index is 2.46. The highest BCUT2D eigenvalue weighted by Crippen LogP contribution is 2.23. The lowest BCUT2D eigenvalue weighted by molar-refractivity contribution is -0.117. The zero-order chi connectivity index (χ0) is 11.3. The largest absolute Gasteiger partial charge is 0.380 e. The Hall–Kier alpha value is -0.410. The van der Waals surface area contributed by atoms with Gasteiger partial charge in [-0.05, 0) is 19.9 Å². The Bertz CT molecular complexity index is 202. The van der Waals surface area contributed by atoms with Crippen molar-refractivity contribution >= 4 is 6.29 Å². The summed E-state index contributed by atoms with van der Waals surface area (Å²) in [6, 6.07) is 0.501. The van der Waals surface area contributed by atoms with Gasteiger partial charge in [0, 0.05) is 24.6 Å². The van der Waals surface area contributed by atoms with E-state index in [9.17, 15) is 4.79 Å². The Morgan fingerprint density at radius 3 is 2.80 bits per heavy atom. The molecule has 0 aliphatic carbocycles. The number of carbonyl (C=O) groups is 1. The molecule has 0 aromatic carbocycles. The molecule has 2 unspecified atom stereocenters. The number of aldehydes is 1. The van der Waals surface area contributed by atoms with E-state index in [1.165, 1.54) is 0 Å². The van der Waals surface area contributed by atoms with Crippen molar-refractivity contribution in [3.05, 3.63) is 0 Å². The van der Waals surface area contributed by atoms with Crippen molar-refractivity contribution in [3.8, 4) is 0 Å². The average molecular weight is 213 g/mol. The summed E-state index contributed by atoms with van der Waals surface area (Å²) >= 11 is 0. The van der Waals surface area contributed by atoms with Gasteiger partial charge in [-0.15, -0.1) is 0 Å². The maximum Gasteiger partial charge on any atom is 0.127 e. The van der Waals surface area contributed by atoms with Gasteiger partial charge in [-0.25, -0.2) is 0 Å². The van der Waals surface area contributed by atoms with Crippen LogP contribution in [0, 0.1) is 5.41 Å². The van der Waals surface area contributed by atoms with E-state index in [4.69, 9.17) is 4.74 Å². The predicted octanol–water partition coefficient (Wildman–Crippen LogP) is 1.71. The molecule has 1 saturated heterocycles. The third-order valence-corrected chi connectivity index (χ3v) is 3.25. The van der Waals surface area contributed by atoms with E-state index in [0.29, 0.717) is 6.04 Å². The predicted molar refractivity (Wildman–Crippen MR) is 60.9 cm³/mol. The van der Waals surface area contributed by atoms with Crippen LogP contribution in [-0.4, -0.2) is 44.0 Å². The lowest BCUT2D eigenvalue weighted by Gasteiger charge is -2.31. The summed E-state index contributed by atoms with van der Waals surface area (Å²) in [4.78, 5) is 13.4. The molecule has 0 aromatic rings. The molecule has 0 amide bonds. The number of ether oxygens (including phenoxy) is 1. The van der Waals surface area contributed by atoms with Gasteiger partial charge in [0.15, 0.2) is 0 Å². The van der Waals surface area contributed by atoms with Gasteiger partial charge in [-0.1, -0.05) is 20.3 Å². The van der Waals surface area contributed by atoms with Gasteiger partial charge in [-0.2, -0.15) is 0 Å². The molecule has 0 saturated carbocycles. The van der Waals surface area contributed by atoms with Crippen molar-refractivity contribution in [1.29, 1.82) is 0 Å². The SMILES string of the molecule is CCCC(C)(C=O)CN(C)C1CCOC1. The number of nitrogens with zero attached hydrogens (tertiary/aromatic N) is 1. The molecule has 1 heterocycles. The van der Waals surface area contributed by atoms with E-state index in [1.54, 1.807) is 0 Å². The van der Waals surface area contributed by atoms with Crippen molar-refractivity contribution in [1.82, 2.24) is 4.90 Å². The zero-order valence-electron chi connectivity index (χ0n) is 10.2. The van der Waals surface area contributed by atoms with E-state index in [0.717, 1.165) is 45.3 Å². The van der Waals surface area contributed by atoms with Crippen LogP contribution in [0.2, 0.25) is 0 Å². The number of rotatable bonds is 6. The normalized spacial score (nSPS) is 25.5. The van der Waals surface area contributed by atoms with Gasteiger partial charge >= 0.3 is 0 Å². The highest BCUT2D eigenvalue weighted by molar-refractivity contribution is 5.59. The number of likely N-dealkylation sites (N-methyl/N-ethyl adjacent to an activating group) is 1. The average Bonchev–Trinajstić information content (AvgIpc) is 2.71. The van der Waals surface area contributed by atoms with E-state index in [-0.39, 0.29) is 5.41 Å². The molecule has 0 spiro atoms. The van der Waals surface area contributed by atoms with Crippen LogP contribution in [0.15, 0.2) is 0 Å². The number of carbonyl (C=O) groups excluding carboxylic acids is 1. The van der Waals surface area contributed by atoms with Crippen LogP contribution in [-0.2, 0) is 9.53 Å². The van der Waals surface area contributed by atoms with Crippen molar-refractivity contribution in [2.45, 2.75) is 39.2 Å². The van der Waals surface area contributed by atoms with Crippen LogP contribution < -0.4 is 0 Å². The third kappa shape index (κ3) is 3.58. The first kappa shape index (κ1) is 12.7. The summed E-state index contributed by atoms with van der Waals surface area (Å²) in [5.41, 5.74) is -0.188. The molecular formula is C12H23NO2. The molecule has 1 rings (SSSR count). The van der Waals surface area contributed by atoms with Gasteiger partial charge in [0.05, 0.1) is 6.61 Å². The van der Waals surface area contributed by atoms with Crippen LogP contribution in [0.4, 0.5) is 0 Å². The molecule has 0 bridgehead atoms. The Labute approximate surface area is 92.8 Å². The van der Waals surface area contributed by atoms with Crippen LogP contribution in [0.1, 0.15) is 33.1 Å². The van der Waals surface area contributed by atoms with E-state index >= 15 is 0 Å². The third-order valence-electron chi connectivity index (χ3n) is 3.25. The van der Waals surface area contributed by atoms with Crippen LogP contribution >= 0.6 is 0 Å².